The first-order chi connectivity index (χ1) is 9.11. The van der Waals surface area contributed by atoms with Crippen molar-refractivity contribution in [2.24, 2.45) is 0 Å². The van der Waals surface area contributed by atoms with Crippen molar-refractivity contribution in [3.05, 3.63) is 56.7 Å². The fraction of sp³-hybridized carbons (Fsp3) is 0.286. The summed E-state index contributed by atoms with van der Waals surface area (Å²) >= 11 is 7.63. The van der Waals surface area contributed by atoms with E-state index < -0.39 is 11.6 Å². The molecule has 0 radical (unpaired) electrons. The summed E-state index contributed by atoms with van der Waals surface area (Å²) in [5.41, 5.74) is 0.357. The molecule has 0 amide bonds. The lowest BCUT2D eigenvalue weighted by Gasteiger charge is -2.17. The Bertz CT molecular complexity index is 556. The minimum atomic E-state index is -0.427. The highest BCUT2D eigenvalue weighted by molar-refractivity contribution is 7.10. The molecule has 1 atom stereocenters. The second-order valence-corrected chi connectivity index (χ2v) is 5.54. The zero-order valence-corrected chi connectivity index (χ0v) is 12.0. The van der Waals surface area contributed by atoms with Crippen LogP contribution in [0.25, 0.3) is 0 Å². The molecule has 1 nitrogen and oxygen atoms in total. The molecule has 1 unspecified atom stereocenters. The van der Waals surface area contributed by atoms with Gasteiger partial charge in [0.2, 0.25) is 0 Å². The Morgan fingerprint density at radius 2 is 2.11 bits per heavy atom. The number of likely N-dealkylation sites (N-methyl/N-ethyl adjacent to an activating group) is 1. The van der Waals surface area contributed by atoms with Gasteiger partial charge in [0.1, 0.15) is 11.6 Å². The second-order valence-electron chi connectivity index (χ2n) is 4.18. The molecule has 0 saturated heterocycles. The molecule has 0 fully saturated rings. The molecule has 1 aromatic carbocycles. The minimum absolute atomic E-state index is 0.103. The van der Waals surface area contributed by atoms with Crippen LogP contribution in [0.3, 0.4) is 0 Å². The molecule has 1 aromatic heterocycles. The van der Waals surface area contributed by atoms with E-state index in [0.717, 1.165) is 23.6 Å². The van der Waals surface area contributed by atoms with Gasteiger partial charge in [-0.05, 0) is 48.2 Å². The van der Waals surface area contributed by atoms with Crippen molar-refractivity contribution in [3.63, 3.8) is 0 Å². The maximum absolute atomic E-state index is 13.7. The van der Waals surface area contributed by atoms with Gasteiger partial charge in [0.15, 0.2) is 0 Å². The fourth-order valence-corrected chi connectivity index (χ4v) is 3.24. The van der Waals surface area contributed by atoms with Gasteiger partial charge in [-0.1, -0.05) is 18.5 Å². The van der Waals surface area contributed by atoms with Gasteiger partial charge in [0.25, 0.3) is 0 Å². The first-order valence-electron chi connectivity index (χ1n) is 6.02. The third-order valence-electron chi connectivity index (χ3n) is 2.84. The molecule has 1 N–H and O–H groups in total. The summed E-state index contributed by atoms with van der Waals surface area (Å²) < 4.78 is 26.9. The van der Waals surface area contributed by atoms with Crippen LogP contribution >= 0.6 is 22.9 Å². The lowest BCUT2D eigenvalue weighted by molar-refractivity contribution is 0.527. The highest BCUT2D eigenvalue weighted by atomic mass is 35.5. The van der Waals surface area contributed by atoms with Crippen LogP contribution < -0.4 is 5.32 Å². The van der Waals surface area contributed by atoms with E-state index in [4.69, 9.17) is 11.6 Å². The van der Waals surface area contributed by atoms with Crippen LogP contribution in [0.1, 0.15) is 23.4 Å². The van der Waals surface area contributed by atoms with Crippen molar-refractivity contribution < 1.29 is 8.78 Å². The monoisotopic (exact) mass is 301 g/mol. The Kier molecular flexibility index (Phi) is 4.91. The number of halogens is 3. The molecule has 0 bridgehead atoms. The zero-order valence-electron chi connectivity index (χ0n) is 10.4. The summed E-state index contributed by atoms with van der Waals surface area (Å²) in [5.74, 6) is -0.819. The van der Waals surface area contributed by atoms with E-state index in [1.54, 1.807) is 0 Å². The molecule has 0 saturated carbocycles. The van der Waals surface area contributed by atoms with Crippen LogP contribution in [0.5, 0.6) is 0 Å². The molecule has 2 rings (SSSR count). The van der Waals surface area contributed by atoms with Crippen LogP contribution in [-0.4, -0.2) is 6.54 Å². The van der Waals surface area contributed by atoms with E-state index in [2.05, 4.69) is 5.32 Å². The Labute approximate surface area is 120 Å². The molecule has 2 aromatic rings. The minimum Gasteiger partial charge on any atom is -0.309 e. The van der Waals surface area contributed by atoms with Crippen molar-refractivity contribution in [1.29, 1.82) is 0 Å². The molecule has 0 aliphatic carbocycles. The quantitative estimate of drug-likeness (QED) is 0.853. The van der Waals surface area contributed by atoms with Gasteiger partial charge in [-0.2, -0.15) is 0 Å². The van der Waals surface area contributed by atoms with Gasteiger partial charge in [-0.25, -0.2) is 8.78 Å². The van der Waals surface area contributed by atoms with Crippen LogP contribution in [-0.2, 0) is 6.42 Å². The van der Waals surface area contributed by atoms with Crippen molar-refractivity contribution in [2.75, 3.05) is 6.54 Å². The summed E-state index contributed by atoms with van der Waals surface area (Å²) in [6.07, 6.45) is 0.373. The molecular weight excluding hydrogens is 288 g/mol. The average Bonchev–Trinajstić information content (AvgIpc) is 2.79. The van der Waals surface area contributed by atoms with Crippen LogP contribution in [0, 0.1) is 11.6 Å². The topological polar surface area (TPSA) is 12.0 Å². The second kappa shape index (κ2) is 6.46. The van der Waals surface area contributed by atoms with Crippen LogP contribution in [0.4, 0.5) is 8.78 Å². The first-order valence-corrected chi connectivity index (χ1v) is 7.27. The first kappa shape index (κ1) is 14.4. The number of thiophene rings is 1. The Hall–Kier alpha value is -0.970. The molecular formula is C14H14ClF2NS. The SMILES string of the molecule is CCNC(Cc1cc(F)ccc1F)c1sccc1Cl. The van der Waals surface area contributed by atoms with Crippen LogP contribution in [0.15, 0.2) is 29.6 Å². The third kappa shape index (κ3) is 3.53. The predicted octanol–water partition coefficient (Wildman–Crippen LogP) is 4.57. The third-order valence-corrected chi connectivity index (χ3v) is 4.32. The largest absolute Gasteiger partial charge is 0.309 e. The van der Waals surface area contributed by atoms with E-state index >= 15 is 0 Å². The van der Waals surface area contributed by atoms with Gasteiger partial charge in [-0.3, -0.25) is 0 Å². The lowest BCUT2D eigenvalue weighted by Crippen LogP contribution is -2.22. The number of hydrogen-bond acceptors (Lipinski definition) is 2. The Morgan fingerprint density at radius 1 is 1.32 bits per heavy atom. The fourth-order valence-electron chi connectivity index (χ4n) is 1.98. The van der Waals surface area contributed by atoms with E-state index in [0.29, 0.717) is 17.0 Å². The van der Waals surface area contributed by atoms with E-state index in [1.807, 2.05) is 18.4 Å². The van der Waals surface area contributed by atoms with Crippen molar-refractivity contribution in [1.82, 2.24) is 5.32 Å². The van der Waals surface area contributed by atoms with E-state index in [-0.39, 0.29) is 6.04 Å². The Morgan fingerprint density at radius 3 is 2.74 bits per heavy atom. The number of rotatable bonds is 5. The predicted molar refractivity (Wildman–Crippen MR) is 75.8 cm³/mol. The molecule has 0 spiro atoms. The maximum Gasteiger partial charge on any atom is 0.126 e. The zero-order chi connectivity index (χ0) is 13.8. The van der Waals surface area contributed by atoms with Gasteiger partial charge < -0.3 is 5.32 Å². The van der Waals surface area contributed by atoms with E-state index in [9.17, 15) is 8.78 Å². The molecule has 5 heteroatoms. The molecule has 1 heterocycles. The molecule has 102 valence electrons. The summed E-state index contributed by atoms with van der Waals surface area (Å²) in [6, 6.07) is 5.23. The average molecular weight is 302 g/mol. The van der Waals surface area contributed by atoms with Gasteiger partial charge in [0.05, 0.1) is 5.02 Å². The van der Waals surface area contributed by atoms with Crippen LogP contribution in [0.2, 0.25) is 5.02 Å². The summed E-state index contributed by atoms with van der Waals surface area (Å²) in [7, 11) is 0. The van der Waals surface area contributed by atoms with Gasteiger partial charge in [-0.15, -0.1) is 11.3 Å². The summed E-state index contributed by atoms with van der Waals surface area (Å²) in [6.45, 7) is 2.70. The van der Waals surface area contributed by atoms with E-state index in [1.165, 1.54) is 17.4 Å². The highest BCUT2D eigenvalue weighted by Gasteiger charge is 2.18. The Balaban J connectivity index is 2.26. The standard InChI is InChI=1S/C14H14ClF2NS/c1-2-18-13(14-11(15)5-6-19-14)8-9-7-10(16)3-4-12(9)17/h3-7,13,18H,2,8H2,1H3. The van der Waals surface area contributed by atoms with Crippen molar-refractivity contribution >= 4 is 22.9 Å². The maximum atomic E-state index is 13.7. The number of benzene rings is 1. The summed E-state index contributed by atoms with van der Waals surface area (Å²) in [4.78, 5) is 0.951. The van der Waals surface area contributed by atoms with Gasteiger partial charge >= 0.3 is 0 Å². The van der Waals surface area contributed by atoms with Crippen molar-refractivity contribution in [3.8, 4) is 0 Å². The normalized spacial score (nSPS) is 12.6. The molecule has 0 aliphatic heterocycles. The molecule has 19 heavy (non-hydrogen) atoms. The lowest BCUT2D eigenvalue weighted by atomic mass is 10.0. The summed E-state index contributed by atoms with van der Waals surface area (Å²) in [5, 5.41) is 5.81. The number of nitrogens with one attached hydrogen (secondary N) is 1. The van der Waals surface area contributed by atoms with Gasteiger partial charge in [0, 0.05) is 10.9 Å². The smallest absolute Gasteiger partial charge is 0.126 e. The number of hydrogen-bond donors (Lipinski definition) is 1. The highest BCUT2D eigenvalue weighted by Crippen LogP contribution is 2.31. The molecule has 0 aliphatic rings. The van der Waals surface area contributed by atoms with Crippen molar-refractivity contribution in [2.45, 2.75) is 19.4 Å².